The Balaban J connectivity index is 1.45. The molecule has 1 atom stereocenters. The minimum atomic E-state index is -0.238. The summed E-state index contributed by atoms with van der Waals surface area (Å²) in [6.07, 6.45) is 10.7. The number of anilines is 1. The topological polar surface area (TPSA) is 101 Å². The van der Waals surface area contributed by atoms with E-state index in [0.717, 1.165) is 36.4 Å². The lowest BCUT2D eigenvalue weighted by atomic mass is 10.2. The lowest BCUT2D eigenvalue weighted by Crippen LogP contribution is -2.26. The monoisotopic (exact) mass is 414 g/mol. The molecule has 1 aliphatic rings. The van der Waals surface area contributed by atoms with Crippen LogP contribution in [-0.4, -0.2) is 41.8 Å². The van der Waals surface area contributed by atoms with Gasteiger partial charge in [-0.25, -0.2) is 15.0 Å². The SMILES string of the molecule is Cc1cnc(CNC(=O)c2nc([C@H]3CCCN3c3ncccn3)n3ccccc23)cn1. The van der Waals surface area contributed by atoms with Crippen molar-refractivity contribution in [2.45, 2.75) is 32.4 Å². The molecule has 9 heteroatoms. The molecule has 5 heterocycles. The molecule has 9 nitrogen and oxygen atoms in total. The highest BCUT2D eigenvalue weighted by Gasteiger charge is 2.32. The van der Waals surface area contributed by atoms with Gasteiger partial charge in [0.15, 0.2) is 5.69 Å². The van der Waals surface area contributed by atoms with Crippen molar-refractivity contribution in [1.82, 2.24) is 34.6 Å². The van der Waals surface area contributed by atoms with Gasteiger partial charge in [0.05, 0.1) is 35.7 Å². The minimum absolute atomic E-state index is 0.00168. The zero-order valence-electron chi connectivity index (χ0n) is 17.1. The molecular weight excluding hydrogens is 392 g/mol. The minimum Gasteiger partial charge on any atom is -0.345 e. The van der Waals surface area contributed by atoms with Crippen molar-refractivity contribution in [2.24, 2.45) is 0 Å². The van der Waals surface area contributed by atoms with Gasteiger partial charge in [-0.1, -0.05) is 6.07 Å². The van der Waals surface area contributed by atoms with Gasteiger partial charge in [0.25, 0.3) is 5.91 Å². The van der Waals surface area contributed by atoms with Crippen LogP contribution in [0.1, 0.15) is 46.6 Å². The largest absolute Gasteiger partial charge is 0.345 e. The number of imidazole rings is 1. The van der Waals surface area contributed by atoms with Gasteiger partial charge in [-0.2, -0.15) is 0 Å². The van der Waals surface area contributed by atoms with E-state index in [2.05, 4.69) is 30.2 Å². The number of carbonyl (C=O) groups excluding carboxylic acids is 1. The van der Waals surface area contributed by atoms with E-state index in [4.69, 9.17) is 4.98 Å². The van der Waals surface area contributed by atoms with Crippen LogP contribution in [0.25, 0.3) is 5.52 Å². The number of aryl methyl sites for hydroxylation is 1. The zero-order chi connectivity index (χ0) is 21.2. The second kappa shape index (κ2) is 8.10. The fourth-order valence-electron chi connectivity index (χ4n) is 3.94. The summed E-state index contributed by atoms with van der Waals surface area (Å²) < 4.78 is 1.99. The summed E-state index contributed by atoms with van der Waals surface area (Å²) in [5.74, 6) is 1.26. The van der Waals surface area contributed by atoms with E-state index in [1.165, 1.54) is 0 Å². The Morgan fingerprint density at radius 2 is 2.00 bits per heavy atom. The van der Waals surface area contributed by atoms with Crippen molar-refractivity contribution in [1.29, 1.82) is 0 Å². The molecule has 0 spiro atoms. The average molecular weight is 414 g/mol. The average Bonchev–Trinajstić information content (AvgIpc) is 3.44. The number of nitrogens with zero attached hydrogens (tertiary/aromatic N) is 7. The van der Waals surface area contributed by atoms with Crippen molar-refractivity contribution in [3.8, 4) is 0 Å². The van der Waals surface area contributed by atoms with Crippen molar-refractivity contribution in [2.75, 3.05) is 11.4 Å². The third-order valence-corrected chi connectivity index (χ3v) is 5.42. The Morgan fingerprint density at radius 1 is 1.13 bits per heavy atom. The van der Waals surface area contributed by atoms with Crippen LogP contribution in [0.2, 0.25) is 0 Å². The van der Waals surface area contributed by atoms with Gasteiger partial charge in [0, 0.05) is 31.3 Å². The van der Waals surface area contributed by atoms with Gasteiger partial charge >= 0.3 is 0 Å². The molecule has 1 fully saturated rings. The molecule has 0 bridgehead atoms. The normalized spacial score (nSPS) is 16.0. The second-order valence-electron chi connectivity index (χ2n) is 7.51. The number of hydrogen-bond acceptors (Lipinski definition) is 7. The Hall–Kier alpha value is -3.88. The standard InChI is InChI=1S/C22H22N8O/c1-15-12-26-16(13-25-15)14-27-21(31)19-17-6-2-3-10-29(17)20(28-19)18-7-4-11-30(18)22-23-8-5-9-24-22/h2-3,5-6,8-10,12-13,18H,4,7,11,14H2,1H3,(H,27,31)/t18-/m1/s1. The van der Waals surface area contributed by atoms with Gasteiger partial charge in [-0.05, 0) is 38.0 Å². The number of fused-ring (bicyclic) bond motifs is 1. The van der Waals surface area contributed by atoms with Crippen LogP contribution < -0.4 is 10.2 Å². The van der Waals surface area contributed by atoms with Crippen molar-refractivity contribution >= 4 is 17.4 Å². The molecule has 0 radical (unpaired) electrons. The molecule has 0 aliphatic carbocycles. The number of carbonyl (C=O) groups is 1. The predicted octanol–water partition coefficient (Wildman–Crippen LogP) is 2.49. The smallest absolute Gasteiger partial charge is 0.272 e. The fourth-order valence-corrected chi connectivity index (χ4v) is 3.94. The van der Waals surface area contributed by atoms with Crippen LogP contribution in [0.5, 0.6) is 0 Å². The zero-order valence-corrected chi connectivity index (χ0v) is 17.1. The summed E-state index contributed by atoms with van der Waals surface area (Å²) in [6, 6.07) is 7.58. The maximum absolute atomic E-state index is 13.0. The number of hydrogen-bond donors (Lipinski definition) is 1. The molecule has 5 rings (SSSR count). The summed E-state index contributed by atoms with van der Waals surface area (Å²) in [5.41, 5.74) is 2.71. The van der Waals surface area contributed by atoms with Crippen LogP contribution in [0.4, 0.5) is 5.95 Å². The van der Waals surface area contributed by atoms with Gasteiger partial charge in [-0.3, -0.25) is 14.8 Å². The quantitative estimate of drug-likeness (QED) is 0.535. The number of aromatic nitrogens is 6. The first-order valence-electron chi connectivity index (χ1n) is 10.3. The van der Waals surface area contributed by atoms with E-state index in [1.807, 2.05) is 35.7 Å². The molecule has 0 saturated carbocycles. The number of rotatable bonds is 5. The first-order valence-corrected chi connectivity index (χ1v) is 10.3. The first-order chi connectivity index (χ1) is 15.2. The van der Waals surface area contributed by atoms with E-state index < -0.39 is 0 Å². The van der Waals surface area contributed by atoms with E-state index >= 15 is 0 Å². The van der Waals surface area contributed by atoms with Crippen molar-refractivity contribution < 1.29 is 4.79 Å². The lowest BCUT2D eigenvalue weighted by Gasteiger charge is -2.23. The third kappa shape index (κ3) is 3.70. The summed E-state index contributed by atoms with van der Waals surface area (Å²) >= 11 is 0. The molecule has 1 saturated heterocycles. The molecule has 0 unspecified atom stereocenters. The maximum atomic E-state index is 13.0. The van der Waals surface area contributed by atoms with Crippen molar-refractivity contribution in [3.05, 3.63) is 78.2 Å². The summed E-state index contributed by atoms with van der Waals surface area (Å²) in [7, 11) is 0. The highest BCUT2D eigenvalue weighted by molar-refractivity contribution is 5.99. The first kappa shape index (κ1) is 19.1. The highest BCUT2D eigenvalue weighted by Crippen LogP contribution is 2.34. The van der Waals surface area contributed by atoms with Gasteiger partial charge in [0.2, 0.25) is 5.95 Å². The second-order valence-corrected chi connectivity index (χ2v) is 7.51. The summed E-state index contributed by atoms with van der Waals surface area (Å²) in [6.45, 7) is 3.02. The molecule has 156 valence electrons. The number of pyridine rings is 1. The van der Waals surface area contributed by atoms with Crippen LogP contribution in [0.3, 0.4) is 0 Å². The van der Waals surface area contributed by atoms with E-state index in [0.29, 0.717) is 23.9 Å². The molecule has 0 aromatic carbocycles. The third-order valence-electron chi connectivity index (χ3n) is 5.42. The Kier molecular flexibility index (Phi) is 4.99. The molecule has 4 aromatic rings. The summed E-state index contributed by atoms with van der Waals surface area (Å²) in [5, 5.41) is 2.92. The Labute approximate surface area is 179 Å². The Morgan fingerprint density at radius 3 is 2.81 bits per heavy atom. The molecule has 4 aromatic heterocycles. The lowest BCUT2D eigenvalue weighted by molar-refractivity contribution is 0.0947. The number of nitrogens with one attached hydrogen (secondary N) is 1. The summed E-state index contributed by atoms with van der Waals surface area (Å²) in [4.78, 5) is 37.3. The van der Waals surface area contributed by atoms with Gasteiger partial charge in [-0.15, -0.1) is 0 Å². The van der Waals surface area contributed by atoms with Crippen LogP contribution >= 0.6 is 0 Å². The van der Waals surface area contributed by atoms with E-state index in [9.17, 15) is 4.79 Å². The molecule has 1 N–H and O–H groups in total. The van der Waals surface area contributed by atoms with Crippen LogP contribution in [0.15, 0.2) is 55.2 Å². The van der Waals surface area contributed by atoms with Crippen LogP contribution in [-0.2, 0) is 6.54 Å². The molecule has 31 heavy (non-hydrogen) atoms. The fraction of sp³-hybridized carbons (Fsp3) is 0.273. The molecular formula is C22H22N8O. The van der Waals surface area contributed by atoms with E-state index in [1.54, 1.807) is 30.9 Å². The van der Waals surface area contributed by atoms with Crippen LogP contribution in [0, 0.1) is 6.92 Å². The van der Waals surface area contributed by atoms with Gasteiger partial charge in [0.1, 0.15) is 5.82 Å². The maximum Gasteiger partial charge on any atom is 0.272 e. The van der Waals surface area contributed by atoms with E-state index in [-0.39, 0.29) is 11.9 Å². The van der Waals surface area contributed by atoms with Gasteiger partial charge < -0.3 is 14.6 Å². The predicted molar refractivity (Wildman–Crippen MR) is 114 cm³/mol. The van der Waals surface area contributed by atoms with Crippen molar-refractivity contribution in [3.63, 3.8) is 0 Å². The Bertz CT molecular complexity index is 1210. The highest BCUT2D eigenvalue weighted by atomic mass is 16.1. The number of amides is 1. The molecule has 1 aliphatic heterocycles. The molecule has 1 amide bonds.